The number of aromatic nitrogens is 2. The summed E-state index contributed by atoms with van der Waals surface area (Å²) in [4.78, 5) is 27.3. The van der Waals surface area contributed by atoms with Gasteiger partial charge >= 0.3 is 5.97 Å². The SMILES string of the molecule is O=C(CCc1nc(C2CCCC2)no1)Nc1ccc(C(=O)O)c(Cl)c1. The highest BCUT2D eigenvalue weighted by Crippen LogP contribution is 2.32. The fourth-order valence-electron chi connectivity index (χ4n) is 2.93. The van der Waals surface area contributed by atoms with Crippen LogP contribution in [-0.4, -0.2) is 27.1 Å². The molecule has 0 bridgehead atoms. The van der Waals surface area contributed by atoms with Gasteiger partial charge in [-0.2, -0.15) is 4.98 Å². The summed E-state index contributed by atoms with van der Waals surface area (Å²) in [5.41, 5.74) is 0.433. The number of carbonyl (C=O) groups excluding carboxylic acids is 1. The van der Waals surface area contributed by atoms with Crippen molar-refractivity contribution in [3.8, 4) is 0 Å². The number of aromatic carboxylic acids is 1. The smallest absolute Gasteiger partial charge is 0.337 e. The summed E-state index contributed by atoms with van der Waals surface area (Å²) in [6, 6.07) is 4.26. The predicted octanol–water partition coefficient (Wildman–Crippen LogP) is 3.65. The van der Waals surface area contributed by atoms with Crippen LogP contribution < -0.4 is 5.32 Å². The van der Waals surface area contributed by atoms with E-state index >= 15 is 0 Å². The standard InChI is InChI=1S/C17H18ClN3O4/c18-13-9-11(5-6-12(13)17(23)24)19-14(22)7-8-15-20-16(21-25-15)10-3-1-2-4-10/h5-6,9-10H,1-4,7-8H2,(H,19,22)(H,23,24). The molecule has 1 aliphatic rings. The Balaban J connectivity index is 1.53. The van der Waals surface area contributed by atoms with Crippen molar-refractivity contribution >= 4 is 29.2 Å². The summed E-state index contributed by atoms with van der Waals surface area (Å²) in [6.45, 7) is 0. The van der Waals surface area contributed by atoms with Crippen molar-refractivity contribution in [1.29, 1.82) is 0 Å². The zero-order chi connectivity index (χ0) is 17.8. The van der Waals surface area contributed by atoms with Crippen LogP contribution in [0.4, 0.5) is 5.69 Å². The van der Waals surface area contributed by atoms with Crippen molar-refractivity contribution in [3.63, 3.8) is 0 Å². The molecular formula is C17H18ClN3O4. The first-order valence-electron chi connectivity index (χ1n) is 8.18. The third-order valence-electron chi connectivity index (χ3n) is 4.25. The van der Waals surface area contributed by atoms with Gasteiger partial charge in [-0.15, -0.1) is 0 Å². The molecule has 7 nitrogen and oxygen atoms in total. The van der Waals surface area contributed by atoms with E-state index < -0.39 is 5.97 Å². The topological polar surface area (TPSA) is 105 Å². The number of nitrogens with one attached hydrogen (secondary N) is 1. The summed E-state index contributed by atoms with van der Waals surface area (Å²) in [7, 11) is 0. The summed E-state index contributed by atoms with van der Waals surface area (Å²) >= 11 is 5.88. The second-order valence-corrected chi connectivity index (χ2v) is 6.48. The summed E-state index contributed by atoms with van der Waals surface area (Å²) in [5.74, 6) is 0.221. The first-order chi connectivity index (χ1) is 12.0. The van der Waals surface area contributed by atoms with Gasteiger partial charge in [0, 0.05) is 24.4 Å². The van der Waals surface area contributed by atoms with Crippen LogP contribution in [0.2, 0.25) is 5.02 Å². The van der Waals surface area contributed by atoms with Crippen molar-refractivity contribution < 1.29 is 19.2 Å². The zero-order valence-electron chi connectivity index (χ0n) is 13.5. The number of carbonyl (C=O) groups is 2. The Labute approximate surface area is 149 Å². The summed E-state index contributed by atoms with van der Waals surface area (Å²) in [6.07, 6.45) is 5.11. The van der Waals surface area contributed by atoms with Crippen molar-refractivity contribution in [2.75, 3.05) is 5.32 Å². The fraction of sp³-hybridized carbons (Fsp3) is 0.412. The van der Waals surface area contributed by atoms with E-state index in [4.69, 9.17) is 21.2 Å². The van der Waals surface area contributed by atoms with E-state index in [0.29, 0.717) is 23.9 Å². The maximum absolute atomic E-state index is 12.0. The molecule has 0 aliphatic heterocycles. The number of halogens is 1. The van der Waals surface area contributed by atoms with Gasteiger partial charge in [-0.3, -0.25) is 4.79 Å². The Morgan fingerprint density at radius 2 is 2.08 bits per heavy atom. The quantitative estimate of drug-likeness (QED) is 0.811. The highest BCUT2D eigenvalue weighted by molar-refractivity contribution is 6.33. The second kappa shape index (κ2) is 7.65. The van der Waals surface area contributed by atoms with Crippen LogP contribution in [0.15, 0.2) is 22.7 Å². The Hall–Kier alpha value is -2.41. The predicted molar refractivity (Wildman–Crippen MR) is 90.9 cm³/mol. The van der Waals surface area contributed by atoms with Crippen LogP contribution >= 0.6 is 11.6 Å². The molecule has 1 heterocycles. The van der Waals surface area contributed by atoms with Gasteiger partial charge in [-0.1, -0.05) is 29.6 Å². The van der Waals surface area contributed by atoms with E-state index in [9.17, 15) is 9.59 Å². The first-order valence-corrected chi connectivity index (χ1v) is 8.56. The van der Waals surface area contributed by atoms with Crippen molar-refractivity contribution in [2.24, 2.45) is 0 Å². The van der Waals surface area contributed by atoms with Gasteiger partial charge in [0.2, 0.25) is 11.8 Å². The molecule has 8 heteroatoms. The van der Waals surface area contributed by atoms with Gasteiger partial charge in [-0.25, -0.2) is 4.79 Å². The molecule has 1 fully saturated rings. The van der Waals surface area contributed by atoms with Gasteiger partial charge in [0.05, 0.1) is 10.6 Å². The normalized spacial score (nSPS) is 14.6. The highest BCUT2D eigenvalue weighted by atomic mass is 35.5. The summed E-state index contributed by atoms with van der Waals surface area (Å²) < 4.78 is 5.21. The Morgan fingerprint density at radius 1 is 1.32 bits per heavy atom. The monoisotopic (exact) mass is 363 g/mol. The number of carboxylic acid groups (broad SMARTS) is 1. The van der Waals surface area contributed by atoms with Crippen LogP contribution in [0.3, 0.4) is 0 Å². The third-order valence-corrected chi connectivity index (χ3v) is 4.57. The van der Waals surface area contributed by atoms with Gasteiger partial charge in [0.25, 0.3) is 0 Å². The lowest BCUT2D eigenvalue weighted by Gasteiger charge is -2.06. The minimum absolute atomic E-state index is 0.00929. The fourth-order valence-corrected chi connectivity index (χ4v) is 3.19. The van der Waals surface area contributed by atoms with Gasteiger partial charge < -0.3 is 14.9 Å². The number of aryl methyl sites for hydroxylation is 1. The highest BCUT2D eigenvalue weighted by Gasteiger charge is 2.22. The lowest BCUT2D eigenvalue weighted by Crippen LogP contribution is -2.12. The number of carboxylic acids is 1. The molecule has 0 radical (unpaired) electrons. The van der Waals surface area contributed by atoms with Crippen LogP contribution in [0, 0.1) is 0 Å². The Bertz CT molecular complexity index is 784. The number of hydrogen-bond donors (Lipinski definition) is 2. The van der Waals surface area contributed by atoms with Crippen LogP contribution in [-0.2, 0) is 11.2 Å². The lowest BCUT2D eigenvalue weighted by molar-refractivity contribution is -0.116. The Kier molecular flexibility index (Phi) is 5.33. The van der Waals surface area contributed by atoms with Crippen LogP contribution in [0.25, 0.3) is 0 Å². The molecule has 3 rings (SSSR count). The third kappa shape index (κ3) is 4.36. The molecule has 25 heavy (non-hydrogen) atoms. The molecular weight excluding hydrogens is 346 g/mol. The van der Waals surface area contributed by atoms with E-state index in [1.807, 2.05) is 0 Å². The average molecular weight is 364 g/mol. The zero-order valence-corrected chi connectivity index (χ0v) is 14.3. The number of nitrogens with zero attached hydrogens (tertiary/aromatic N) is 2. The molecule has 0 saturated heterocycles. The van der Waals surface area contributed by atoms with E-state index in [0.717, 1.165) is 18.7 Å². The molecule has 0 atom stereocenters. The summed E-state index contributed by atoms with van der Waals surface area (Å²) in [5, 5.41) is 15.7. The van der Waals surface area contributed by atoms with E-state index in [1.54, 1.807) is 0 Å². The number of benzene rings is 1. The molecule has 1 amide bonds. The maximum atomic E-state index is 12.0. The number of hydrogen-bond acceptors (Lipinski definition) is 5. The molecule has 0 unspecified atom stereocenters. The van der Waals surface area contributed by atoms with E-state index in [2.05, 4.69) is 15.5 Å². The van der Waals surface area contributed by atoms with Crippen molar-refractivity contribution in [3.05, 3.63) is 40.5 Å². The van der Waals surface area contributed by atoms with Gasteiger partial charge in [0.1, 0.15) is 0 Å². The van der Waals surface area contributed by atoms with Crippen LogP contribution in [0.1, 0.15) is 60.1 Å². The molecule has 2 N–H and O–H groups in total. The maximum Gasteiger partial charge on any atom is 0.337 e. The van der Waals surface area contributed by atoms with Gasteiger partial charge in [0.15, 0.2) is 5.82 Å². The molecule has 2 aromatic rings. The minimum atomic E-state index is -1.11. The number of amides is 1. The average Bonchev–Trinajstić information content (AvgIpc) is 3.24. The molecule has 0 spiro atoms. The van der Waals surface area contributed by atoms with Gasteiger partial charge in [-0.05, 0) is 31.0 Å². The Morgan fingerprint density at radius 3 is 2.76 bits per heavy atom. The largest absolute Gasteiger partial charge is 0.478 e. The minimum Gasteiger partial charge on any atom is -0.478 e. The van der Waals surface area contributed by atoms with Crippen molar-refractivity contribution in [2.45, 2.75) is 44.4 Å². The molecule has 1 aromatic carbocycles. The van der Waals surface area contributed by atoms with Crippen molar-refractivity contribution in [1.82, 2.24) is 10.1 Å². The molecule has 132 valence electrons. The molecule has 1 aliphatic carbocycles. The molecule has 1 saturated carbocycles. The van der Waals surface area contributed by atoms with E-state index in [-0.39, 0.29) is 22.9 Å². The number of anilines is 1. The first kappa shape index (κ1) is 17.4. The van der Waals surface area contributed by atoms with Crippen LogP contribution in [0.5, 0.6) is 0 Å². The molecule has 1 aromatic heterocycles. The number of rotatable bonds is 6. The second-order valence-electron chi connectivity index (χ2n) is 6.08. The van der Waals surface area contributed by atoms with E-state index in [1.165, 1.54) is 31.0 Å². The lowest BCUT2D eigenvalue weighted by atomic mass is 10.1.